The molecule has 6 heteroatoms. The Morgan fingerprint density at radius 3 is 2.41 bits per heavy atom. The van der Waals surface area contributed by atoms with Crippen LogP contribution in [0.15, 0.2) is 24.3 Å². The van der Waals surface area contributed by atoms with Gasteiger partial charge in [0.15, 0.2) is 0 Å². The molecular weight excluding hydrogens is 286 g/mol. The zero-order valence-corrected chi connectivity index (χ0v) is 12.9. The zero-order valence-electron chi connectivity index (χ0n) is 12.9. The summed E-state index contributed by atoms with van der Waals surface area (Å²) in [6.07, 6.45) is -0.531. The molecule has 0 unspecified atom stereocenters. The predicted molar refractivity (Wildman–Crippen MR) is 79.8 cm³/mol. The Bertz CT molecular complexity index is 578. The third-order valence-corrected chi connectivity index (χ3v) is 3.62. The van der Waals surface area contributed by atoms with Crippen LogP contribution in [0.25, 0.3) is 0 Å². The first-order valence-corrected chi connectivity index (χ1v) is 7.17. The van der Waals surface area contributed by atoms with Crippen molar-refractivity contribution in [3.63, 3.8) is 0 Å². The van der Waals surface area contributed by atoms with Crippen LogP contribution in [-0.2, 0) is 9.53 Å². The molecule has 1 aliphatic heterocycles. The van der Waals surface area contributed by atoms with Crippen molar-refractivity contribution >= 4 is 12.1 Å². The maximum Gasteiger partial charge on any atom is 0.410 e. The average molecular weight is 307 g/mol. The van der Waals surface area contributed by atoms with Crippen molar-refractivity contribution in [1.82, 2.24) is 4.90 Å². The number of likely N-dealkylation sites (tertiary alicyclic amines) is 1. The minimum Gasteiger partial charge on any atom is -0.508 e. The van der Waals surface area contributed by atoms with Gasteiger partial charge in [0.25, 0.3) is 0 Å². The highest BCUT2D eigenvalue weighted by Crippen LogP contribution is 2.37. The van der Waals surface area contributed by atoms with Crippen molar-refractivity contribution < 1.29 is 24.5 Å². The molecule has 1 amide bonds. The molecule has 2 atom stereocenters. The number of amides is 1. The van der Waals surface area contributed by atoms with E-state index in [4.69, 9.17) is 4.74 Å². The van der Waals surface area contributed by atoms with Crippen molar-refractivity contribution in [3.05, 3.63) is 29.8 Å². The van der Waals surface area contributed by atoms with Crippen molar-refractivity contribution in [2.45, 2.75) is 32.3 Å². The summed E-state index contributed by atoms with van der Waals surface area (Å²) in [6.45, 7) is 5.56. The SMILES string of the molecule is CC(C)(C)OC(=O)N1C[C@H](C(=O)O)[C@@H](c2ccccc2O)C1. The lowest BCUT2D eigenvalue weighted by atomic mass is 9.88. The van der Waals surface area contributed by atoms with E-state index < -0.39 is 29.5 Å². The van der Waals surface area contributed by atoms with Crippen LogP contribution in [0.3, 0.4) is 0 Å². The number of benzene rings is 1. The summed E-state index contributed by atoms with van der Waals surface area (Å²) in [5.74, 6) is -2.16. The first-order chi connectivity index (χ1) is 10.2. The highest BCUT2D eigenvalue weighted by atomic mass is 16.6. The monoisotopic (exact) mass is 307 g/mol. The van der Waals surface area contributed by atoms with Crippen LogP contribution >= 0.6 is 0 Å². The summed E-state index contributed by atoms with van der Waals surface area (Å²) < 4.78 is 5.30. The van der Waals surface area contributed by atoms with Crippen LogP contribution in [-0.4, -0.2) is 45.9 Å². The van der Waals surface area contributed by atoms with Gasteiger partial charge in [0.1, 0.15) is 11.4 Å². The van der Waals surface area contributed by atoms with E-state index in [-0.39, 0.29) is 18.8 Å². The van der Waals surface area contributed by atoms with E-state index >= 15 is 0 Å². The summed E-state index contributed by atoms with van der Waals surface area (Å²) in [4.78, 5) is 25.0. The molecule has 120 valence electrons. The van der Waals surface area contributed by atoms with E-state index in [2.05, 4.69) is 0 Å². The molecule has 1 heterocycles. The second-order valence-electron chi connectivity index (χ2n) is 6.50. The Morgan fingerprint density at radius 1 is 1.23 bits per heavy atom. The molecule has 22 heavy (non-hydrogen) atoms. The number of carboxylic acids is 1. The molecule has 1 aliphatic rings. The maximum atomic E-state index is 12.1. The molecule has 2 rings (SSSR count). The molecule has 1 fully saturated rings. The predicted octanol–water partition coefficient (Wildman–Crippen LogP) is 2.43. The molecule has 2 N–H and O–H groups in total. The molecule has 0 saturated carbocycles. The molecule has 0 spiro atoms. The number of rotatable bonds is 2. The number of para-hydroxylation sites is 1. The lowest BCUT2D eigenvalue weighted by molar-refractivity contribution is -0.141. The number of nitrogens with zero attached hydrogens (tertiary/aromatic N) is 1. The number of phenols is 1. The van der Waals surface area contributed by atoms with Gasteiger partial charge in [-0.25, -0.2) is 4.79 Å². The fourth-order valence-electron chi connectivity index (χ4n) is 2.65. The van der Waals surface area contributed by atoms with Crippen LogP contribution < -0.4 is 0 Å². The third-order valence-electron chi connectivity index (χ3n) is 3.62. The van der Waals surface area contributed by atoms with Crippen LogP contribution in [0.5, 0.6) is 5.75 Å². The standard InChI is InChI=1S/C16H21NO5/c1-16(2,3)22-15(21)17-8-11(12(9-17)14(19)20)10-6-4-5-7-13(10)18/h4-7,11-12,18H,8-9H2,1-3H3,(H,19,20)/t11-,12+/m1/s1. The molecule has 0 radical (unpaired) electrons. The lowest BCUT2D eigenvalue weighted by Gasteiger charge is -2.24. The summed E-state index contributed by atoms with van der Waals surface area (Å²) >= 11 is 0. The Morgan fingerprint density at radius 2 is 1.86 bits per heavy atom. The summed E-state index contributed by atoms with van der Waals surface area (Å²) in [6, 6.07) is 6.62. The van der Waals surface area contributed by atoms with Gasteiger partial charge in [0.2, 0.25) is 0 Å². The Kier molecular flexibility index (Phi) is 4.30. The number of phenolic OH excluding ortho intramolecular Hbond substituents is 1. The number of hydrogen-bond acceptors (Lipinski definition) is 4. The molecule has 0 bridgehead atoms. The van der Waals surface area contributed by atoms with E-state index in [1.54, 1.807) is 39.0 Å². The van der Waals surface area contributed by atoms with E-state index in [9.17, 15) is 19.8 Å². The van der Waals surface area contributed by atoms with Gasteiger partial charge in [-0.1, -0.05) is 18.2 Å². The maximum absolute atomic E-state index is 12.1. The first-order valence-electron chi connectivity index (χ1n) is 7.17. The number of carbonyl (C=O) groups excluding carboxylic acids is 1. The average Bonchev–Trinajstić information content (AvgIpc) is 2.82. The summed E-state index contributed by atoms with van der Waals surface area (Å²) in [5.41, 5.74) is -0.0936. The summed E-state index contributed by atoms with van der Waals surface area (Å²) in [5, 5.41) is 19.4. The number of aliphatic carboxylic acids is 1. The van der Waals surface area contributed by atoms with Gasteiger partial charge in [-0.05, 0) is 32.4 Å². The highest BCUT2D eigenvalue weighted by Gasteiger charge is 2.42. The van der Waals surface area contributed by atoms with Crippen molar-refractivity contribution in [1.29, 1.82) is 0 Å². The molecule has 6 nitrogen and oxygen atoms in total. The zero-order chi connectivity index (χ0) is 16.5. The van der Waals surface area contributed by atoms with Gasteiger partial charge in [0, 0.05) is 19.0 Å². The fraction of sp³-hybridized carbons (Fsp3) is 0.500. The van der Waals surface area contributed by atoms with E-state index in [0.29, 0.717) is 5.56 Å². The lowest BCUT2D eigenvalue weighted by Crippen LogP contribution is -2.35. The van der Waals surface area contributed by atoms with Gasteiger partial charge in [-0.15, -0.1) is 0 Å². The van der Waals surface area contributed by atoms with E-state index in [1.165, 1.54) is 11.0 Å². The van der Waals surface area contributed by atoms with Crippen molar-refractivity contribution in [3.8, 4) is 5.75 Å². The molecule has 0 aromatic heterocycles. The fourth-order valence-corrected chi connectivity index (χ4v) is 2.65. The molecule has 1 aromatic carbocycles. The van der Waals surface area contributed by atoms with Gasteiger partial charge in [-0.2, -0.15) is 0 Å². The van der Waals surface area contributed by atoms with Crippen LogP contribution in [0.2, 0.25) is 0 Å². The van der Waals surface area contributed by atoms with Crippen molar-refractivity contribution in [2.75, 3.05) is 13.1 Å². The second-order valence-corrected chi connectivity index (χ2v) is 6.50. The van der Waals surface area contributed by atoms with Gasteiger partial charge in [0.05, 0.1) is 5.92 Å². The van der Waals surface area contributed by atoms with Crippen LogP contribution in [0.4, 0.5) is 4.79 Å². The quantitative estimate of drug-likeness (QED) is 0.876. The molecule has 1 saturated heterocycles. The Hall–Kier alpha value is -2.24. The van der Waals surface area contributed by atoms with E-state index in [0.717, 1.165) is 0 Å². The van der Waals surface area contributed by atoms with Gasteiger partial charge < -0.3 is 19.8 Å². The van der Waals surface area contributed by atoms with Gasteiger partial charge in [-0.3, -0.25) is 4.79 Å². The third kappa shape index (κ3) is 3.50. The minimum absolute atomic E-state index is 0.0461. The molecule has 1 aromatic rings. The largest absolute Gasteiger partial charge is 0.508 e. The van der Waals surface area contributed by atoms with E-state index in [1.807, 2.05) is 0 Å². The number of aromatic hydroxyl groups is 1. The van der Waals surface area contributed by atoms with Gasteiger partial charge >= 0.3 is 12.1 Å². The number of ether oxygens (including phenoxy) is 1. The Balaban J connectivity index is 2.22. The number of hydrogen-bond donors (Lipinski definition) is 2. The molecule has 0 aliphatic carbocycles. The van der Waals surface area contributed by atoms with Crippen LogP contribution in [0, 0.1) is 5.92 Å². The first kappa shape index (κ1) is 16.1. The minimum atomic E-state index is -0.987. The number of carboxylic acid groups (broad SMARTS) is 1. The topological polar surface area (TPSA) is 87.1 Å². The summed E-state index contributed by atoms with van der Waals surface area (Å²) in [7, 11) is 0. The second kappa shape index (κ2) is 5.87. The Labute approximate surface area is 129 Å². The smallest absolute Gasteiger partial charge is 0.410 e. The normalized spacial score (nSPS) is 21.7. The highest BCUT2D eigenvalue weighted by molar-refractivity contribution is 5.76. The van der Waals surface area contributed by atoms with Crippen LogP contribution in [0.1, 0.15) is 32.3 Å². The number of carbonyl (C=O) groups is 2. The molecular formula is C16H21NO5. The van der Waals surface area contributed by atoms with Crippen molar-refractivity contribution in [2.24, 2.45) is 5.92 Å².